The fourth-order valence-electron chi connectivity index (χ4n) is 4.94. The average molecular weight is 577 g/mol. The first-order valence-corrected chi connectivity index (χ1v) is 13.1. The van der Waals surface area contributed by atoms with E-state index in [0.717, 1.165) is 12.1 Å². The van der Waals surface area contributed by atoms with Crippen molar-refractivity contribution in [3.63, 3.8) is 0 Å². The van der Waals surface area contributed by atoms with E-state index >= 15 is 4.39 Å². The van der Waals surface area contributed by atoms with Crippen molar-refractivity contribution in [2.45, 2.75) is 19.1 Å². The minimum atomic E-state index is -4.96. The number of halogens is 5. The van der Waals surface area contributed by atoms with Crippen molar-refractivity contribution >= 4 is 23.2 Å². The maximum Gasteiger partial charge on any atom is 0.417 e. The van der Waals surface area contributed by atoms with Crippen LogP contribution in [0.4, 0.5) is 39.3 Å². The molecule has 1 atom stereocenters. The molecule has 3 aromatic rings. The molecule has 2 aliphatic rings. The van der Waals surface area contributed by atoms with E-state index in [-0.39, 0.29) is 29.1 Å². The number of aromatic nitrogens is 2. The number of morpholine rings is 1. The molecule has 13 heteroatoms. The predicted octanol–water partition coefficient (Wildman–Crippen LogP) is 4.67. The minimum Gasteiger partial charge on any atom is -0.378 e. The van der Waals surface area contributed by atoms with Gasteiger partial charge in [0, 0.05) is 50.5 Å². The second-order valence-electron chi connectivity index (χ2n) is 10.1. The third-order valence-corrected chi connectivity index (χ3v) is 7.38. The van der Waals surface area contributed by atoms with Crippen LogP contribution in [0.2, 0.25) is 0 Å². The number of piperazine rings is 1. The van der Waals surface area contributed by atoms with Gasteiger partial charge in [0.05, 0.1) is 41.4 Å². The fraction of sp³-hybridized carbons (Fsp3) is 0.393. The van der Waals surface area contributed by atoms with E-state index in [0.29, 0.717) is 57.6 Å². The summed E-state index contributed by atoms with van der Waals surface area (Å²) in [6.45, 7) is 5.78. The summed E-state index contributed by atoms with van der Waals surface area (Å²) in [4.78, 5) is 28.0. The van der Waals surface area contributed by atoms with Crippen LogP contribution < -0.4 is 15.1 Å². The number of likely N-dealkylation sites (N-methyl/N-ethyl adjacent to an activating group) is 1. The van der Waals surface area contributed by atoms with E-state index < -0.39 is 34.8 Å². The largest absolute Gasteiger partial charge is 0.417 e. The number of anilines is 3. The molecule has 1 amide bonds. The van der Waals surface area contributed by atoms with Gasteiger partial charge in [-0.3, -0.25) is 4.79 Å². The Morgan fingerprint density at radius 1 is 1.02 bits per heavy atom. The van der Waals surface area contributed by atoms with Gasteiger partial charge >= 0.3 is 6.18 Å². The van der Waals surface area contributed by atoms with Crippen molar-refractivity contribution in [3.8, 4) is 11.3 Å². The summed E-state index contributed by atoms with van der Waals surface area (Å²) >= 11 is 0. The normalized spacial score (nSPS) is 18.5. The minimum absolute atomic E-state index is 0.0401. The third-order valence-electron chi connectivity index (χ3n) is 7.38. The van der Waals surface area contributed by atoms with Crippen LogP contribution in [0.25, 0.3) is 11.3 Å². The number of hydrogen-bond acceptors (Lipinski definition) is 7. The van der Waals surface area contributed by atoms with Crippen molar-refractivity contribution in [2.24, 2.45) is 0 Å². The highest BCUT2D eigenvalue weighted by Gasteiger charge is 2.36. The number of carbonyl (C=O) groups is 1. The highest BCUT2D eigenvalue weighted by atomic mass is 19.4. The number of carbonyl (C=O) groups excluding carboxylic acids is 1. The van der Waals surface area contributed by atoms with Crippen LogP contribution in [0.1, 0.15) is 22.8 Å². The number of ether oxygens (including phenoxy) is 1. The van der Waals surface area contributed by atoms with Crippen molar-refractivity contribution in [1.82, 2.24) is 14.9 Å². The predicted molar refractivity (Wildman–Crippen MR) is 144 cm³/mol. The summed E-state index contributed by atoms with van der Waals surface area (Å²) in [5.74, 6) is -2.46. The van der Waals surface area contributed by atoms with Gasteiger partial charge in [0.1, 0.15) is 11.6 Å². The van der Waals surface area contributed by atoms with E-state index in [1.807, 2.05) is 23.8 Å². The molecule has 1 aromatic heterocycles. The highest BCUT2D eigenvalue weighted by molar-refractivity contribution is 6.07. The van der Waals surface area contributed by atoms with E-state index in [2.05, 4.69) is 20.2 Å². The number of nitrogens with zero attached hydrogens (tertiary/aromatic N) is 5. The van der Waals surface area contributed by atoms with Gasteiger partial charge in [-0.25, -0.2) is 18.7 Å². The van der Waals surface area contributed by atoms with Gasteiger partial charge in [-0.15, -0.1) is 0 Å². The number of rotatable bonds is 5. The SMILES string of the molecule is C[C@@H]1CN(c2cc(F)c(-c3ccnc(N4CCOCC4)n3)cc2NC(=O)c2ccc(F)cc2C(F)(F)F)CCN1C. The molecule has 2 aromatic carbocycles. The van der Waals surface area contributed by atoms with Crippen molar-refractivity contribution < 1.29 is 31.5 Å². The van der Waals surface area contributed by atoms with Gasteiger partial charge in [0.2, 0.25) is 5.95 Å². The first kappa shape index (κ1) is 28.7. The zero-order chi connectivity index (χ0) is 29.3. The van der Waals surface area contributed by atoms with E-state index in [1.54, 1.807) is 0 Å². The molecule has 3 heterocycles. The van der Waals surface area contributed by atoms with E-state index in [9.17, 15) is 22.4 Å². The van der Waals surface area contributed by atoms with Gasteiger partial charge in [-0.2, -0.15) is 13.2 Å². The second-order valence-corrected chi connectivity index (χ2v) is 10.1. The Balaban J connectivity index is 1.56. The topological polar surface area (TPSA) is 73.8 Å². The smallest absolute Gasteiger partial charge is 0.378 e. The lowest BCUT2D eigenvalue weighted by atomic mass is 10.0. The van der Waals surface area contributed by atoms with E-state index in [1.165, 1.54) is 24.4 Å². The Hall–Kier alpha value is -3.84. The number of nitrogens with one attached hydrogen (secondary N) is 1. The molecular weight excluding hydrogens is 547 g/mol. The highest BCUT2D eigenvalue weighted by Crippen LogP contribution is 2.37. The Labute approximate surface area is 233 Å². The Morgan fingerprint density at radius 2 is 1.78 bits per heavy atom. The molecule has 0 unspecified atom stereocenters. The maximum atomic E-state index is 15.7. The first-order valence-electron chi connectivity index (χ1n) is 13.1. The van der Waals surface area contributed by atoms with Gasteiger partial charge in [0.15, 0.2) is 0 Å². The number of amides is 1. The first-order chi connectivity index (χ1) is 19.5. The van der Waals surface area contributed by atoms with Crippen LogP contribution in [0, 0.1) is 11.6 Å². The molecular formula is C28H29F5N6O2. The summed E-state index contributed by atoms with van der Waals surface area (Å²) in [6, 6.07) is 6.10. The van der Waals surface area contributed by atoms with Crippen molar-refractivity contribution in [2.75, 3.05) is 68.1 Å². The molecule has 0 saturated carbocycles. The lowest BCUT2D eigenvalue weighted by molar-refractivity contribution is -0.138. The summed E-state index contributed by atoms with van der Waals surface area (Å²) in [7, 11) is 1.96. The van der Waals surface area contributed by atoms with E-state index in [4.69, 9.17) is 4.74 Å². The van der Waals surface area contributed by atoms with Crippen molar-refractivity contribution in [3.05, 3.63) is 65.4 Å². The lowest BCUT2D eigenvalue weighted by Gasteiger charge is -2.39. The van der Waals surface area contributed by atoms with Crippen LogP contribution in [0.15, 0.2) is 42.6 Å². The Morgan fingerprint density at radius 3 is 2.49 bits per heavy atom. The van der Waals surface area contributed by atoms with Crippen LogP contribution in [-0.4, -0.2) is 79.8 Å². The Bertz CT molecular complexity index is 1430. The number of alkyl halides is 3. The molecule has 41 heavy (non-hydrogen) atoms. The Kier molecular flexibility index (Phi) is 8.09. The zero-order valence-electron chi connectivity index (χ0n) is 22.5. The summed E-state index contributed by atoms with van der Waals surface area (Å²) < 4.78 is 75.8. The van der Waals surface area contributed by atoms with Crippen LogP contribution in [-0.2, 0) is 10.9 Å². The third kappa shape index (κ3) is 6.25. The molecule has 1 N–H and O–H groups in total. The number of benzene rings is 2. The molecule has 0 radical (unpaired) electrons. The molecule has 0 aliphatic carbocycles. The van der Waals surface area contributed by atoms with Crippen LogP contribution >= 0.6 is 0 Å². The second kappa shape index (κ2) is 11.6. The molecule has 2 saturated heterocycles. The van der Waals surface area contributed by atoms with Gasteiger partial charge < -0.3 is 24.8 Å². The molecule has 2 fully saturated rings. The molecule has 5 rings (SSSR count). The lowest BCUT2D eigenvalue weighted by Crippen LogP contribution is -2.50. The van der Waals surface area contributed by atoms with Gasteiger partial charge in [-0.1, -0.05) is 0 Å². The van der Waals surface area contributed by atoms with Gasteiger partial charge in [-0.05, 0) is 50.4 Å². The molecule has 0 spiro atoms. The van der Waals surface area contributed by atoms with Crippen LogP contribution in [0.5, 0.6) is 0 Å². The number of hydrogen-bond donors (Lipinski definition) is 1. The van der Waals surface area contributed by atoms with Crippen molar-refractivity contribution in [1.29, 1.82) is 0 Å². The molecule has 8 nitrogen and oxygen atoms in total. The van der Waals surface area contributed by atoms with Gasteiger partial charge in [0.25, 0.3) is 5.91 Å². The molecule has 2 aliphatic heterocycles. The molecule has 0 bridgehead atoms. The zero-order valence-corrected chi connectivity index (χ0v) is 22.5. The molecule has 218 valence electrons. The fourth-order valence-corrected chi connectivity index (χ4v) is 4.94. The quantitative estimate of drug-likeness (QED) is 0.443. The standard InChI is InChI=1S/C28H29F5N6O2/c1-17-16-39(8-7-37(17)2)25-15-22(30)20(23-5-6-34-27(36-23)38-9-11-41-12-10-38)14-24(25)35-26(40)19-4-3-18(29)13-21(19)28(31,32)33/h3-6,13-15,17H,7-12,16H2,1-2H3,(H,35,40)/t17-/m1/s1. The monoisotopic (exact) mass is 576 g/mol. The summed E-state index contributed by atoms with van der Waals surface area (Å²) in [5.41, 5.74) is -1.45. The maximum absolute atomic E-state index is 15.7. The summed E-state index contributed by atoms with van der Waals surface area (Å²) in [6.07, 6.45) is -3.47. The average Bonchev–Trinajstić information content (AvgIpc) is 2.95. The summed E-state index contributed by atoms with van der Waals surface area (Å²) in [5, 5.41) is 2.54. The van der Waals surface area contributed by atoms with Crippen LogP contribution in [0.3, 0.4) is 0 Å².